The van der Waals surface area contributed by atoms with Crippen LogP contribution in [0.5, 0.6) is 17.2 Å². The van der Waals surface area contributed by atoms with Gasteiger partial charge in [0.05, 0.1) is 31.7 Å². The van der Waals surface area contributed by atoms with E-state index in [1.54, 1.807) is 54.6 Å². The standard InChI is InChI=1S/C36H30Cl2N2O8/c1-39-33(45)35(37)17-24-22(29(36(35,38)34(39)46)28-25(41)15-21(47-2)16-26(28)48-3)13-14-23-27(24)32(44)40(31(23)43)20-11-9-19(10-12-20)30(42)18-7-5-4-6-8-18/h4-13,15-16,23-24,27,29,41H,14,17H2,1-3H3/t23-,24+,27-,29+,35+,36-/m0/s1. The van der Waals surface area contributed by atoms with Gasteiger partial charge in [-0.25, -0.2) is 0 Å². The molecule has 7 rings (SSSR count). The molecule has 2 aliphatic carbocycles. The monoisotopic (exact) mass is 688 g/mol. The number of phenols is 1. The number of carbonyl (C=O) groups excluding carboxylic acids is 5. The smallest absolute Gasteiger partial charge is 0.253 e. The molecule has 1 N–H and O–H groups in total. The zero-order valence-electron chi connectivity index (χ0n) is 26.1. The molecule has 2 heterocycles. The number of anilines is 1. The van der Waals surface area contributed by atoms with Gasteiger partial charge < -0.3 is 14.6 Å². The molecule has 3 aromatic carbocycles. The third-order valence-electron chi connectivity index (χ3n) is 10.3. The number of alkyl halides is 2. The second-order valence-corrected chi connectivity index (χ2v) is 13.8. The molecule has 1 saturated carbocycles. The molecule has 0 radical (unpaired) electrons. The summed E-state index contributed by atoms with van der Waals surface area (Å²) in [5.74, 6) is -6.26. The van der Waals surface area contributed by atoms with Crippen molar-refractivity contribution < 1.29 is 38.6 Å². The van der Waals surface area contributed by atoms with Crippen LogP contribution >= 0.6 is 23.2 Å². The van der Waals surface area contributed by atoms with Crippen LogP contribution in [0.15, 0.2) is 78.4 Å². The number of ether oxygens (including phenoxy) is 2. The Morgan fingerprint density at radius 3 is 2.19 bits per heavy atom. The van der Waals surface area contributed by atoms with Crippen LogP contribution in [-0.2, 0) is 19.2 Å². The molecule has 246 valence electrons. The number of imide groups is 2. The molecule has 12 heteroatoms. The summed E-state index contributed by atoms with van der Waals surface area (Å²) in [5.41, 5.74) is 1.81. The molecular weight excluding hydrogens is 659 g/mol. The van der Waals surface area contributed by atoms with Crippen LogP contribution in [-0.4, -0.2) is 70.4 Å². The van der Waals surface area contributed by atoms with Gasteiger partial charge >= 0.3 is 0 Å². The molecule has 48 heavy (non-hydrogen) atoms. The SMILES string of the molecule is COc1cc(O)c([C@H]2C3=CC[C@@H]4C(=O)N(c5ccc(C(=O)c6ccccc6)cc5)C(=O)[C@@H]4[C@@H]3C[C@@]3(Cl)C(=O)N(C)C(=O)[C@@]23Cl)c(OC)c1. The molecule has 0 aromatic heterocycles. The minimum absolute atomic E-state index is 0.108. The number of nitrogens with zero attached hydrogens (tertiary/aromatic N) is 2. The van der Waals surface area contributed by atoms with Gasteiger partial charge in [0, 0.05) is 41.8 Å². The largest absolute Gasteiger partial charge is 0.507 e. The predicted octanol–water partition coefficient (Wildman–Crippen LogP) is 4.83. The number of likely N-dealkylation sites (tertiary alicyclic amines) is 1. The van der Waals surface area contributed by atoms with Crippen molar-refractivity contribution >= 4 is 58.3 Å². The topological polar surface area (TPSA) is 131 Å². The first-order valence-electron chi connectivity index (χ1n) is 15.3. The van der Waals surface area contributed by atoms with E-state index in [4.69, 9.17) is 32.7 Å². The van der Waals surface area contributed by atoms with Gasteiger partial charge in [-0.3, -0.25) is 33.8 Å². The predicted molar refractivity (Wildman–Crippen MR) is 175 cm³/mol. The van der Waals surface area contributed by atoms with Crippen LogP contribution in [0.25, 0.3) is 0 Å². The van der Waals surface area contributed by atoms with E-state index >= 15 is 0 Å². The van der Waals surface area contributed by atoms with Gasteiger partial charge in [-0.2, -0.15) is 0 Å². The first-order chi connectivity index (χ1) is 22.9. The van der Waals surface area contributed by atoms with Gasteiger partial charge in [-0.15, -0.1) is 23.2 Å². The molecule has 0 bridgehead atoms. The Labute approximate surface area is 285 Å². The average Bonchev–Trinajstić information content (AvgIpc) is 3.43. The Hall–Kier alpha value is -4.67. The van der Waals surface area contributed by atoms with Crippen LogP contribution in [0.1, 0.15) is 40.2 Å². The molecular formula is C36H30Cl2N2O8. The number of hydrogen-bond donors (Lipinski definition) is 1. The maximum absolute atomic E-state index is 14.3. The van der Waals surface area contributed by atoms with Crippen LogP contribution < -0.4 is 14.4 Å². The molecule has 0 spiro atoms. The summed E-state index contributed by atoms with van der Waals surface area (Å²) in [4.78, 5) is 66.7. The number of phenolic OH excluding ortho intramolecular Hbond substituents is 1. The Bertz CT molecular complexity index is 1950. The summed E-state index contributed by atoms with van der Waals surface area (Å²) < 4.78 is 10.9. The van der Waals surface area contributed by atoms with E-state index in [0.717, 1.165) is 9.80 Å². The fraction of sp³-hybridized carbons (Fsp3) is 0.306. The minimum atomic E-state index is -2.10. The first kappa shape index (κ1) is 31.9. The van der Waals surface area contributed by atoms with E-state index in [1.807, 2.05) is 6.07 Å². The zero-order chi connectivity index (χ0) is 34.3. The van der Waals surface area contributed by atoms with Crippen molar-refractivity contribution in [1.82, 2.24) is 4.90 Å². The third-order valence-corrected chi connectivity index (χ3v) is 11.7. The second kappa shape index (κ2) is 11.2. The Morgan fingerprint density at radius 2 is 1.54 bits per heavy atom. The lowest BCUT2D eigenvalue weighted by atomic mass is 9.56. The first-order valence-corrected chi connectivity index (χ1v) is 16.1. The van der Waals surface area contributed by atoms with Gasteiger partial charge in [-0.05, 0) is 43.0 Å². The maximum atomic E-state index is 14.3. The summed E-state index contributed by atoms with van der Waals surface area (Å²) in [6, 6.07) is 17.9. The van der Waals surface area contributed by atoms with Crippen LogP contribution in [0.2, 0.25) is 0 Å². The van der Waals surface area contributed by atoms with Crippen molar-refractivity contribution in [3.05, 3.63) is 95.1 Å². The maximum Gasteiger partial charge on any atom is 0.253 e. The number of amides is 4. The van der Waals surface area contributed by atoms with Gasteiger partial charge in [0.15, 0.2) is 15.5 Å². The van der Waals surface area contributed by atoms with Gasteiger partial charge in [-0.1, -0.05) is 42.0 Å². The molecule has 10 nitrogen and oxygen atoms in total. The molecule has 0 unspecified atom stereocenters. The highest BCUT2D eigenvalue weighted by Crippen LogP contribution is 2.67. The highest BCUT2D eigenvalue weighted by Gasteiger charge is 2.76. The summed E-state index contributed by atoms with van der Waals surface area (Å²) in [7, 11) is 4.08. The van der Waals surface area contributed by atoms with Crippen molar-refractivity contribution in [2.24, 2.45) is 17.8 Å². The number of fused-ring (bicyclic) bond motifs is 4. The highest BCUT2D eigenvalue weighted by atomic mass is 35.5. The minimum Gasteiger partial charge on any atom is -0.507 e. The number of hydrogen-bond acceptors (Lipinski definition) is 8. The number of carbonyl (C=O) groups is 5. The number of rotatable bonds is 6. The molecule has 3 aromatic rings. The quantitative estimate of drug-likeness (QED) is 0.169. The summed E-state index contributed by atoms with van der Waals surface area (Å²) >= 11 is 14.5. The van der Waals surface area contributed by atoms with E-state index < -0.39 is 57.0 Å². The van der Waals surface area contributed by atoms with Crippen LogP contribution in [0, 0.1) is 17.8 Å². The van der Waals surface area contributed by atoms with Gasteiger partial charge in [0.2, 0.25) is 11.8 Å². The third kappa shape index (κ3) is 4.21. The van der Waals surface area contributed by atoms with Crippen molar-refractivity contribution in [1.29, 1.82) is 0 Å². The number of aromatic hydroxyl groups is 1. The number of ketones is 1. The molecule has 4 aliphatic rings. The van der Waals surface area contributed by atoms with Gasteiger partial charge in [0.25, 0.3) is 11.8 Å². The zero-order valence-corrected chi connectivity index (χ0v) is 27.6. The lowest BCUT2D eigenvalue weighted by Crippen LogP contribution is -2.60. The van der Waals surface area contributed by atoms with Crippen molar-refractivity contribution in [2.45, 2.75) is 28.5 Å². The van der Waals surface area contributed by atoms with E-state index in [2.05, 4.69) is 0 Å². The Kier molecular flexibility index (Phi) is 7.45. The average molecular weight is 690 g/mol. The van der Waals surface area contributed by atoms with Gasteiger partial charge in [0.1, 0.15) is 17.2 Å². The molecule has 2 aliphatic heterocycles. The Morgan fingerprint density at radius 1 is 0.875 bits per heavy atom. The molecule has 3 fully saturated rings. The van der Waals surface area contributed by atoms with Crippen molar-refractivity contribution in [3.63, 3.8) is 0 Å². The lowest BCUT2D eigenvalue weighted by Gasteiger charge is -2.51. The second-order valence-electron chi connectivity index (χ2n) is 12.5. The normalized spacial score (nSPS) is 29.3. The van der Waals surface area contributed by atoms with Crippen LogP contribution in [0.4, 0.5) is 5.69 Å². The lowest BCUT2D eigenvalue weighted by molar-refractivity contribution is -0.138. The molecule has 4 amide bonds. The van der Waals surface area contributed by atoms with Crippen molar-refractivity contribution in [3.8, 4) is 17.2 Å². The number of methoxy groups -OCH3 is 2. The number of halogens is 2. The van der Waals surface area contributed by atoms with Crippen molar-refractivity contribution in [2.75, 3.05) is 26.2 Å². The van der Waals surface area contributed by atoms with E-state index in [-0.39, 0.29) is 41.4 Å². The van der Waals surface area contributed by atoms with Crippen LogP contribution in [0.3, 0.4) is 0 Å². The molecule has 2 saturated heterocycles. The summed E-state index contributed by atoms with van der Waals surface area (Å²) in [6.45, 7) is 0. The van der Waals surface area contributed by atoms with E-state index in [0.29, 0.717) is 22.4 Å². The molecule has 6 atom stereocenters. The number of allylic oxidation sites excluding steroid dienone is 2. The fourth-order valence-electron chi connectivity index (χ4n) is 8.00. The van der Waals surface area contributed by atoms with E-state index in [9.17, 15) is 29.1 Å². The summed E-state index contributed by atoms with van der Waals surface area (Å²) in [6.07, 6.45) is 1.71. The fourth-order valence-corrected chi connectivity index (χ4v) is 9.00. The summed E-state index contributed by atoms with van der Waals surface area (Å²) in [5, 5.41) is 11.4. The van der Waals surface area contributed by atoms with E-state index in [1.165, 1.54) is 33.4 Å². The highest BCUT2D eigenvalue weighted by molar-refractivity contribution is 6.53. The Balaban J connectivity index is 1.31. The number of benzene rings is 3.